The van der Waals surface area contributed by atoms with Crippen LogP contribution in [-0.2, 0) is 4.74 Å². The molecule has 8 heteroatoms. The molecule has 0 spiro atoms. The molecule has 0 N–H and O–H groups in total. The van der Waals surface area contributed by atoms with Crippen LogP contribution in [0.25, 0.3) is 0 Å². The Bertz CT molecular complexity index is 239. The van der Waals surface area contributed by atoms with Crippen molar-refractivity contribution in [2.45, 2.75) is 12.5 Å². The SMILES string of the molecule is F[B-](F)(F)CN1CCC(N2CCOCC2)C1.[K+]. The second-order valence-corrected chi connectivity index (χ2v) is 4.56. The Morgan fingerprint density at radius 3 is 2.35 bits per heavy atom. The van der Waals surface area contributed by atoms with E-state index < -0.39 is 13.4 Å². The first kappa shape index (κ1) is 16.4. The van der Waals surface area contributed by atoms with Crippen LogP contribution in [0.1, 0.15) is 6.42 Å². The summed E-state index contributed by atoms with van der Waals surface area (Å²) in [6, 6.07) is 0.294. The van der Waals surface area contributed by atoms with Crippen molar-refractivity contribution in [2.75, 3.05) is 45.8 Å². The first-order valence-corrected chi connectivity index (χ1v) is 5.80. The van der Waals surface area contributed by atoms with Gasteiger partial charge in [-0.25, -0.2) is 0 Å². The molecule has 94 valence electrons. The first-order valence-electron chi connectivity index (χ1n) is 5.80. The van der Waals surface area contributed by atoms with Crippen molar-refractivity contribution in [3.8, 4) is 0 Å². The fourth-order valence-corrected chi connectivity index (χ4v) is 2.51. The van der Waals surface area contributed by atoms with E-state index in [0.717, 1.165) is 19.5 Å². The maximum absolute atomic E-state index is 12.3. The van der Waals surface area contributed by atoms with Crippen LogP contribution in [0.3, 0.4) is 0 Å². The van der Waals surface area contributed by atoms with E-state index in [9.17, 15) is 12.9 Å². The van der Waals surface area contributed by atoms with Crippen LogP contribution in [0.2, 0.25) is 0 Å². The predicted octanol–water partition coefficient (Wildman–Crippen LogP) is -2.22. The zero-order chi connectivity index (χ0) is 11.6. The molecule has 2 saturated heterocycles. The first-order chi connectivity index (χ1) is 7.54. The molecular weight excluding hydrogens is 259 g/mol. The van der Waals surface area contributed by atoms with Crippen LogP contribution in [-0.4, -0.2) is 68.7 Å². The van der Waals surface area contributed by atoms with E-state index >= 15 is 0 Å². The molecule has 0 amide bonds. The monoisotopic (exact) mass is 276 g/mol. The number of ether oxygens (including phenoxy) is 1. The Hall–Kier alpha value is 1.37. The number of rotatable bonds is 3. The van der Waals surface area contributed by atoms with Gasteiger partial charge < -0.3 is 22.6 Å². The molecule has 0 radical (unpaired) electrons. The summed E-state index contributed by atoms with van der Waals surface area (Å²) in [4.78, 5) is 3.78. The van der Waals surface area contributed by atoms with Gasteiger partial charge in [-0.1, -0.05) is 0 Å². The van der Waals surface area contributed by atoms with Crippen molar-refractivity contribution in [2.24, 2.45) is 0 Å². The Labute approximate surface area is 143 Å². The van der Waals surface area contributed by atoms with Gasteiger partial charge in [0.15, 0.2) is 0 Å². The molecule has 1 atom stereocenters. The number of halogens is 3. The van der Waals surface area contributed by atoms with Crippen molar-refractivity contribution in [1.29, 1.82) is 0 Å². The molecule has 0 aromatic heterocycles. The van der Waals surface area contributed by atoms with Gasteiger partial charge in [-0.2, -0.15) is 0 Å². The molecule has 2 aliphatic rings. The van der Waals surface area contributed by atoms with Gasteiger partial charge in [-0.15, -0.1) is 0 Å². The molecule has 3 nitrogen and oxygen atoms in total. The average molecular weight is 276 g/mol. The number of hydrogen-bond donors (Lipinski definition) is 0. The van der Waals surface area contributed by atoms with Gasteiger partial charge in [0.05, 0.1) is 13.2 Å². The minimum Gasteiger partial charge on any atom is -0.448 e. The smallest absolute Gasteiger partial charge is 0.448 e. The Kier molecular flexibility index (Phi) is 6.99. The van der Waals surface area contributed by atoms with Crippen LogP contribution in [0, 0.1) is 0 Å². The standard InChI is InChI=1S/C9H17BF3N2O.K/c11-10(12,13)8-14-2-1-9(7-14)15-3-5-16-6-4-15;/h9H,1-8H2;/q-1;+1. The van der Waals surface area contributed by atoms with Crippen molar-refractivity contribution in [3.63, 3.8) is 0 Å². The molecule has 2 fully saturated rings. The molecule has 17 heavy (non-hydrogen) atoms. The van der Waals surface area contributed by atoms with Gasteiger partial charge >= 0.3 is 58.4 Å². The minimum atomic E-state index is -4.68. The van der Waals surface area contributed by atoms with Crippen LogP contribution >= 0.6 is 0 Å². The Balaban J connectivity index is 0.00000144. The van der Waals surface area contributed by atoms with E-state index in [4.69, 9.17) is 4.74 Å². The van der Waals surface area contributed by atoms with Crippen molar-refractivity contribution in [3.05, 3.63) is 0 Å². The predicted molar refractivity (Wildman–Crippen MR) is 56.3 cm³/mol. The zero-order valence-corrected chi connectivity index (χ0v) is 13.4. The van der Waals surface area contributed by atoms with Gasteiger partial charge in [-0.05, 0) is 19.4 Å². The molecule has 2 aliphatic heterocycles. The number of likely N-dealkylation sites (tertiary alicyclic amines) is 1. The average Bonchev–Trinajstić information content (AvgIpc) is 2.65. The van der Waals surface area contributed by atoms with E-state index in [1.165, 1.54) is 4.90 Å². The third kappa shape index (κ3) is 5.48. The van der Waals surface area contributed by atoms with Crippen molar-refractivity contribution < 1.29 is 69.1 Å². The van der Waals surface area contributed by atoms with Gasteiger partial charge in [-0.3, -0.25) is 4.90 Å². The summed E-state index contributed by atoms with van der Waals surface area (Å²) >= 11 is 0. The normalized spacial score (nSPS) is 28.1. The summed E-state index contributed by atoms with van der Waals surface area (Å²) in [6.07, 6.45) is 0.146. The molecule has 1 unspecified atom stereocenters. The number of nitrogens with zero attached hydrogens (tertiary/aromatic N) is 2. The molecular formula is C9H17BF3KN2O. The maximum atomic E-state index is 12.3. The van der Waals surface area contributed by atoms with E-state index in [0.29, 0.717) is 32.3 Å². The minimum absolute atomic E-state index is 0. The van der Waals surface area contributed by atoms with Gasteiger partial charge in [0.25, 0.3) is 0 Å². The molecule has 0 aromatic rings. The van der Waals surface area contributed by atoms with E-state index in [1.807, 2.05) is 0 Å². The summed E-state index contributed by atoms with van der Waals surface area (Å²) in [6.45, 7) is -0.417. The van der Waals surface area contributed by atoms with E-state index in [2.05, 4.69) is 4.90 Å². The van der Waals surface area contributed by atoms with Crippen LogP contribution in [0.5, 0.6) is 0 Å². The van der Waals surface area contributed by atoms with Crippen molar-refractivity contribution >= 4 is 6.98 Å². The zero-order valence-electron chi connectivity index (χ0n) is 10.2. The number of hydrogen-bond acceptors (Lipinski definition) is 3. The summed E-state index contributed by atoms with van der Waals surface area (Å²) in [5.41, 5.74) is 0. The summed E-state index contributed by atoms with van der Waals surface area (Å²) < 4.78 is 42.0. The molecule has 0 aliphatic carbocycles. The number of morpholine rings is 1. The Morgan fingerprint density at radius 2 is 1.76 bits per heavy atom. The largest absolute Gasteiger partial charge is 1.00 e. The van der Waals surface area contributed by atoms with Gasteiger partial charge in [0.2, 0.25) is 0 Å². The molecule has 0 aromatic carbocycles. The van der Waals surface area contributed by atoms with Gasteiger partial charge in [0, 0.05) is 25.7 Å². The van der Waals surface area contributed by atoms with Crippen LogP contribution < -0.4 is 51.4 Å². The van der Waals surface area contributed by atoms with E-state index in [1.54, 1.807) is 0 Å². The second-order valence-electron chi connectivity index (χ2n) is 4.56. The fourth-order valence-electron chi connectivity index (χ4n) is 2.51. The maximum Gasteiger partial charge on any atom is 1.00 e. The Morgan fingerprint density at radius 1 is 1.12 bits per heavy atom. The fraction of sp³-hybridized carbons (Fsp3) is 1.00. The van der Waals surface area contributed by atoms with E-state index in [-0.39, 0.29) is 51.4 Å². The summed E-state index contributed by atoms with van der Waals surface area (Å²) in [5.74, 6) is 0. The molecule has 2 rings (SSSR count). The quantitative estimate of drug-likeness (QED) is 0.543. The van der Waals surface area contributed by atoms with Crippen LogP contribution in [0.4, 0.5) is 12.9 Å². The van der Waals surface area contributed by atoms with Crippen molar-refractivity contribution in [1.82, 2.24) is 9.80 Å². The van der Waals surface area contributed by atoms with Crippen LogP contribution in [0.15, 0.2) is 0 Å². The molecule has 0 saturated carbocycles. The van der Waals surface area contributed by atoms with Gasteiger partial charge in [0.1, 0.15) is 0 Å². The molecule has 2 heterocycles. The third-order valence-electron chi connectivity index (χ3n) is 3.27. The summed E-state index contributed by atoms with van der Waals surface area (Å²) in [5, 5.41) is 0. The molecule has 0 bridgehead atoms. The summed E-state index contributed by atoms with van der Waals surface area (Å²) in [7, 11) is 0. The third-order valence-corrected chi connectivity index (χ3v) is 3.27. The second kappa shape index (κ2) is 7.23. The topological polar surface area (TPSA) is 15.7 Å².